The molecule has 0 heterocycles. The Hall–Kier alpha value is -1.44. The van der Waals surface area contributed by atoms with Crippen LogP contribution in [-0.4, -0.2) is 37.3 Å². The molecule has 0 aliphatic carbocycles. The van der Waals surface area contributed by atoms with Gasteiger partial charge in [0.25, 0.3) is 10.1 Å². The van der Waals surface area contributed by atoms with E-state index >= 15 is 0 Å². The van der Waals surface area contributed by atoms with Crippen molar-refractivity contribution < 1.29 is 22.5 Å². The zero-order chi connectivity index (χ0) is 18.2. The van der Waals surface area contributed by atoms with Gasteiger partial charge >= 0.3 is 0 Å². The number of hydrogen-bond acceptors (Lipinski definition) is 4. The van der Waals surface area contributed by atoms with E-state index in [9.17, 15) is 13.2 Å². The van der Waals surface area contributed by atoms with Crippen molar-refractivity contribution in [1.29, 1.82) is 0 Å². The number of amides is 1. The quantitative estimate of drug-likeness (QED) is 0.627. The van der Waals surface area contributed by atoms with Crippen molar-refractivity contribution in [2.75, 3.05) is 12.4 Å². The first-order chi connectivity index (χ1) is 11.1. The van der Waals surface area contributed by atoms with Crippen LogP contribution in [0.4, 0.5) is 0 Å². The summed E-state index contributed by atoms with van der Waals surface area (Å²) in [4.78, 5) is 11.3. The standard InChI is InChI=1S/C17H27NO5S/c1-14(19)18-16(9-10-24(20,21)22)11-17(2,3)13-23-12-15-7-5-4-6-8-15/h4-8,16H,9-13H2,1-3H3,(H,18,19)(H,20,21,22). The second-order valence-electron chi connectivity index (χ2n) is 6.82. The van der Waals surface area contributed by atoms with E-state index in [1.807, 2.05) is 44.2 Å². The number of benzene rings is 1. The van der Waals surface area contributed by atoms with Crippen LogP contribution < -0.4 is 5.32 Å². The van der Waals surface area contributed by atoms with Gasteiger partial charge in [0, 0.05) is 13.0 Å². The molecule has 1 unspecified atom stereocenters. The van der Waals surface area contributed by atoms with Gasteiger partial charge in [-0.15, -0.1) is 0 Å². The molecule has 0 radical (unpaired) electrons. The Labute approximate surface area is 144 Å². The fourth-order valence-electron chi connectivity index (χ4n) is 2.55. The Bertz CT molecular complexity index is 613. The molecule has 0 aliphatic heterocycles. The Morgan fingerprint density at radius 3 is 2.46 bits per heavy atom. The van der Waals surface area contributed by atoms with E-state index < -0.39 is 10.1 Å². The third-order valence-corrected chi connectivity index (χ3v) is 4.29. The summed E-state index contributed by atoms with van der Waals surface area (Å²) in [5, 5.41) is 2.75. The van der Waals surface area contributed by atoms with E-state index in [1.165, 1.54) is 6.92 Å². The SMILES string of the molecule is CC(=O)NC(CCS(=O)(=O)O)CC(C)(C)COCc1ccccc1. The van der Waals surface area contributed by atoms with Crippen molar-refractivity contribution in [2.45, 2.75) is 46.3 Å². The van der Waals surface area contributed by atoms with Crippen LogP contribution in [-0.2, 0) is 26.3 Å². The topological polar surface area (TPSA) is 92.7 Å². The highest BCUT2D eigenvalue weighted by Crippen LogP contribution is 2.25. The summed E-state index contributed by atoms with van der Waals surface area (Å²) in [5.41, 5.74) is 0.833. The van der Waals surface area contributed by atoms with Crippen LogP contribution in [0.15, 0.2) is 30.3 Å². The van der Waals surface area contributed by atoms with Crippen molar-refractivity contribution in [3.8, 4) is 0 Å². The predicted molar refractivity (Wildman–Crippen MR) is 93.1 cm³/mol. The summed E-state index contributed by atoms with van der Waals surface area (Å²) in [6.45, 7) is 6.36. The molecule has 0 saturated heterocycles. The average Bonchev–Trinajstić information content (AvgIpc) is 2.44. The normalized spacial score (nSPS) is 13.5. The van der Waals surface area contributed by atoms with Crippen LogP contribution in [0.1, 0.15) is 39.2 Å². The summed E-state index contributed by atoms with van der Waals surface area (Å²) in [6, 6.07) is 9.48. The van der Waals surface area contributed by atoms with Crippen molar-refractivity contribution in [1.82, 2.24) is 5.32 Å². The third-order valence-electron chi connectivity index (χ3n) is 3.53. The molecule has 0 aromatic heterocycles. The van der Waals surface area contributed by atoms with Crippen LogP contribution in [0, 0.1) is 5.41 Å². The monoisotopic (exact) mass is 357 g/mol. The molecule has 6 nitrogen and oxygen atoms in total. The molecule has 1 amide bonds. The van der Waals surface area contributed by atoms with Gasteiger partial charge in [-0.05, 0) is 23.8 Å². The minimum atomic E-state index is -4.05. The first-order valence-corrected chi connectivity index (χ1v) is 9.52. The van der Waals surface area contributed by atoms with Crippen molar-refractivity contribution in [3.63, 3.8) is 0 Å². The van der Waals surface area contributed by atoms with E-state index in [1.54, 1.807) is 0 Å². The fourth-order valence-corrected chi connectivity index (χ4v) is 3.13. The summed E-state index contributed by atoms with van der Waals surface area (Å²) >= 11 is 0. The molecule has 1 rings (SSSR count). The molecule has 0 saturated carbocycles. The zero-order valence-electron chi connectivity index (χ0n) is 14.5. The number of ether oxygens (including phenoxy) is 1. The van der Waals surface area contributed by atoms with Crippen molar-refractivity contribution in [3.05, 3.63) is 35.9 Å². The minimum Gasteiger partial charge on any atom is -0.376 e. The first kappa shape index (κ1) is 20.6. The molecular weight excluding hydrogens is 330 g/mol. The molecule has 136 valence electrons. The number of hydrogen-bond donors (Lipinski definition) is 2. The highest BCUT2D eigenvalue weighted by molar-refractivity contribution is 7.85. The van der Waals surface area contributed by atoms with Crippen LogP contribution in [0.2, 0.25) is 0 Å². The van der Waals surface area contributed by atoms with Gasteiger partial charge in [0.15, 0.2) is 0 Å². The van der Waals surface area contributed by atoms with Gasteiger partial charge in [-0.3, -0.25) is 9.35 Å². The lowest BCUT2D eigenvalue weighted by Gasteiger charge is -2.30. The lowest BCUT2D eigenvalue weighted by atomic mass is 9.85. The Kier molecular flexibility index (Phi) is 7.86. The lowest BCUT2D eigenvalue weighted by Crippen LogP contribution is -2.39. The minimum absolute atomic E-state index is 0.167. The largest absolute Gasteiger partial charge is 0.376 e. The third kappa shape index (κ3) is 9.64. The average molecular weight is 357 g/mol. The number of nitrogens with one attached hydrogen (secondary N) is 1. The van der Waals surface area contributed by atoms with Gasteiger partial charge in [0.1, 0.15) is 0 Å². The van der Waals surface area contributed by atoms with E-state index in [-0.39, 0.29) is 29.5 Å². The first-order valence-electron chi connectivity index (χ1n) is 7.91. The molecule has 1 aromatic carbocycles. The molecule has 2 N–H and O–H groups in total. The van der Waals surface area contributed by atoms with Gasteiger partial charge < -0.3 is 10.1 Å². The maximum atomic E-state index is 11.3. The smallest absolute Gasteiger partial charge is 0.264 e. The molecule has 1 atom stereocenters. The number of carbonyl (C=O) groups excluding carboxylic acids is 1. The second kappa shape index (κ2) is 9.15. The fraction of sp³-hybridized carbons (Fsp3) is 0.588. The van der Waals surface area contributed by atoms with Crippen molar-refractivity contribution >= 4 is 16.0 Å². The Morgan fingerprint density at radius 2 is 1.92 bits per heavy atom. The summed E-state index contributed by atoms with van der Waals surface area (Å²) in [5.74, 6) is -0.602. The highest BCUT2D eigenvalue weighted by atomic mass is 32.2. The Morgan fingerprint density at radius 1 is 1.29 bits per heavy atom. The molecule has 1 aromatic rings. The molecule has 7 heteroatoms. The lowest BCUT2D eigenvalue weighted by molar-refractivity contribution is -0.120. The van der Waals surface area contributed by atoms with E-state index in [2.05, 4.69) is 5.32 Å². The van der Waals surface area contributed by atoms with Gasteiger partial charge in [0.05, 0.1) is 19.0 Å². The number of carbonyl (C=O) groups is 1. The number of rotatable bonds is 10. The van der Waals surface area contributed by atoms with E-state index in [4.69, 9.17) is 9.29 Å². The molecule has 0 fully saturated rings. The van der Waals surface area contributed by atoms with E-state index in [0.717, 1.165) is 5.56 Å². The van der Waals surface area contributed by atoms with Crippen LogP contribution in [0.3, 0.4) is 0 Å². The summed E-state index contributed by atoms with van der Waals surface area (Å²) in [6.07, 6.45) is 0.720. The van der Waals surface area contributed by atoms with Gasteiger partial charge in [-0.2, -0.15) is 8.42 Å². The van der Waals surface area contributed by atoms with Gasteiger partial charge in [0.2, 0.25) is 5.91 Å². The van der Waals surface area contributed by atoms with Crippen molar-refractivity contribution in [2.24, 2.45) is 5.41 Å². The molecule has 24 heavy (non-hydrogen) atoms. The predicted octanol–water partition coefficient (Wildman–Crippen LogP) is 2.40. The molecule has 0 bridgehead atoms. The van der Waals surface area contributed by atoms with Gasteiger partial charge in [-0.25, -0.2) is 0 Å². The Balaban J connectivity index is 2.53. The summed E-state index contributed by atoms with van der Waals surface area (Å²) in [7, 11) is -4.05. The maximum absolute atomic E-state index is 11.3. The summed E-state index contributed by atoms with van der Waals surface area (Å²) < 4.78 is 36.5. The molecule has 0 spiro atoms. The maximum Gasteiger partial charge on any atom is 0.264 e. The van der Waals surface area contributed by atoms with Crippen LogP contribution in [0.5, 0.6) is 0 Å². The van der Waals surface area contributed by atoms with Crippen LogP contribution in [0.25, 0.3) is 0 Å². The van der Waals surface area contributed by atoms with Crippen LogP contribution >= 0.6 is 0 Å². The highest BCUT2D eigenvalue weighted by Gasteiger charge is 2.25. The van der Waals surface area contributed by atoms with E-state index in [0.29, 0.717) is 19.6 Å². The second-order valence-corrected chi connectivity index (χ2v) is 8.39. The zero-order valence-corrected chi connectivity index (χ0v) is 15.3. The van der Waals surface area contributed by atoms with Gasteiger partial charge in [-0.1, -0.05) is 44.2 Å². The molecule has 0 aliphatic rings. The molecular formula is C17H27NO5S.